The zero-order valence-corrected chi connectivity index (χ0v) is 23.9. The first-order valence-corrected chi connectivity index (χ1v) is 14.5. The van der Waals surface area contributed by atoms with E-state index in [-0.39, 0.29) is 55.3 Å². The number of amides is 4. The first kappa shape index (κ1) is 30.0. The molecule has 10 heteroatoms. The summed E-state index contributed by atoms with van der Waals surface area (Å²) in [5, 5.41) is 8.70. The van der Waals surface area contributed by atoms with E-state index in [9.17, 15) is 19.2 Å². The standard InChI is InChI=1S/C31H41N5O5/c1-3-36-17-9-12-23(36)21-32-30(39)25-15-16-28(37)33-26(20-22-10-5-4-6-11-22)31(40)35(2)18-19-41-27-14-8-7-13-24(27)29(38)34-25/h4-8,10-11,13-14,23,25-26H,3,9,12,15-21H2,1-2H3,(H,32,39)(H,33,37)(H,34,38)/t23-,25-,26-/m0/s1. The van der Waals surface area contributed by atoms with Gasteiger partial charge in [-0.05, 0) is 50.0 Å². The highest BCUT2D eigenvalue weighted by molar-refractivity contribution is 5.99. The first-order chi connectivity index (χ1) is 19.9. The third-order valence-corrected chi connectivity index (χ3v) is 7.81. The fraction of sp³-hybridized carbons (Fsp3) is 0.484. The van der Waals surface area contributed by atoms with Crippen LogP contribution in [0, 0.1) is 0 Å². The minimum atomic E-state index is -0.936. The summed E-state index contributed by atoms with van der Waals surface area (Å²) in [6.45, 7) is 4.91. The van der Waals surface area contributed by atoms with Crippen molar-refractivity contribution in [1.29, 1.82) is 0 Å². The summed E-state index contributed by atoms with van der Waals surface area (Å²) in [5.74, 6) is -1.04. The number of rotatable bonds is 6. The van der Waals surface area contributed by atoms with E-state index < -0.39 is 18.0 Å². The summed E-state index contributed by atoms with van der Waals surface area (Å²) in [5.41, 5.74) is 1.20. The molecule has 4 rings (SSSR count). The Morgan fingerprint density at radius 2 is 1.76 bits per heavy atom. The number of para-hydroxylation sites is 1. The lowest BCUT2D eigenvalue weighted by Gasteiger charge is -2.25. The minimum absolute atomic E-state index is 0.0384. The van der Waals surface area contributed by atoms with E-state index in [0.717, 1.165) is 31.5 Å². The SMILES string of the molecule is CCN1CCC[C@H]1CNC(=O)[C@@H]1CCC(=O)N[C@@H](Cc2ccccc2)C(=O)N(C)CCOc2ccccc2C(=O)N1. The lowest BCUT2D eigenvalue weighted by molar-refractivity contribution is -0.135. The zero-order valence-electron chi connectivity index (χ0n) is 23.9. The molecule has 10 nitrogen and oxygen atoms in total. The molecule has 2 aromatic carbocycles. The van der Waals surface area contributed by atoms with E-state index >= 15 is 0 Å². The van der Waals surface area contributed by atoms with Crippen LogP contribution in [0.2, 0.25) is 0 Å². The van der Waals surface area contributed by atoms with Crippen LogP contribution < -0.4 is 20.7 Å². The maximum absolute atomic E-state index is 13.4. The van der Waals surface area contributed by atoms with Crippen molar-refractivity contribution in [2.75, 3.05) is 39.8 Å². The molecule has 41 heavy (non-hydrogen) atoms. The second kappa shape index (κ2) is 14.6. The van der Waals surface area contributed by atoms with Crippen LogP contribution in [0.3, 0.4) is 0 Å². The Balaban J connectivity index is 1.54. The van der Waals surface area contributed by atoms with Crippen LogP contribution in [0.4, 0.5) is 0 Å². The van der Waals surface area contributed by atoms with E-state index in [1.807, 2.05) is 30.3 Å². The number of carbonyl (C=O) groups excluding carboxylic acids is 4. The predicted molar refractivity (Wildman–Crippen MR) is 155 cm³/mol. The Kier molecular flexibility index (Phi) is 10.7. The summed E-state index contributed by atoms with van der Waals surface area (Å²) in [7, 11) is 1.66. The van der Waals surface area contributed by atoms with Crippen LogP contribution in [-0.2, 0) is 20.8 Å². The van der Waals surface area contributed by atoms with Gasteiger partial charge in [-0.3, -0.25) is 24.1 Å². The van der Waals surface area contributed by atoms with Crippen molar-refractivity contribution in [3.63, 3.8) is 0 Å². The van der Waals surface area contributed by atoms with Crippen molar-refractivity contribution in [2.24, 2.45) is 0 Å². The number of likely N-dealkylation sites (N-methyl/N-ethyl adjacent to an activating group) is 2. The summed E-state index contributed by atoms with van der Waals surface area (Å²) < 4.78 is 5.91. The number of benzene rings is 2. The van der Waals surface area contributed by atoms with Gasteiger partial charge in [0.15, 0.2) is 0 Å². The van der Waals surface area contributed by atoms with E-state index in [0.29, 0.717) is 18.7 Å². The molecule has 0 unspecified atom stereocenters. The molecule has 0 radical (unpaired) electrons. The number of nitrogens with zero attached hydrogens (tertiary/aromatic N) is 2. The maximum Gasteiger partial charge on any atom is 0.255 e. The molecule has 220 valence electrons. The van der Waals surface area contributed by atoms with E-state index in [1.165, 1.54) is 4.90 Å². The van der Waals surface area contributed by atoms with Crippen LogP contribution in [0.1, 0.15) is 48.5 Å². The summed E-state index contributed by atoms with van der Waals surface area (Å²) in [4.78, 5) is 57.0. The largest absolute Gasteiger partial charge is 0.491 e. The number of likely N-dealkylation sites (tertiary alicyclic amines) is 1. The predicted octanol–water partition coefficient (Wildman–Crippen LogP) is 1.74. The van der Waals surface area contributed by atoms with Crippen molar-refractivity contribution >= 4 is 23.6 Å². The third kappa shape index (κ3) is 8.29. The molecule has 2 heterocycles. The zero-order chi connectivity index (χ0) is 29.2. The summed E-state index contributed by atoms with van der Waals surface area (Å²) >= 11 is 0. The highest BCUT2D eigenvalue weighted by Crippen LogP contribution is 2.19. The lowest BCUT2D eigenvalue weighted by atomic mass is 10.0. The number of nitrogens with one attached hydrogen (secondary N) is 3. The fourth-order valence-corrected chi connectivity index (χ4v) is 5.43. The van der Waals surface area contributed by atoms with Gasteiger partial charge in [0.25, 0.3) is 5.91 Å². The van der Waals surface area contributed by atoms with Gasteiger partial charge in [-0.1, -0.05) is 49.4 Å². The van der Waals surface area contributed by atoms with E-state index in [2.05, 4.69) is 27.8 Å². The minimum Gasteiger partial charge on any atom is -0.491 e. The van der Waals surface area contributed by atoms with Gasteiger partial charge in [-0.25, -0.2) is 0 Å². The van der Waals surface area contributed by atoms with Crippen molar-refractivity contribution < 1.29 is 23.9 Å². The fourth-order valence-electron chi connectivity index (χ4n) is 5.43. The molecule has 3 atom stereocenters. The molecule has 1 fully saturated rings. The van der Waals surface area contributed by atoms with Crippen molar-refractivity contribution in [3.05, 3.63) is 65.7 Å². The van der Waals surface area contributed by atoms with Gasteiger partial charge in [0.1, 0.15) is 24.4 Å². The Morgan fingerprint density at radius 3 is 2.54 bits per heavy atom. The molecule has 3 N–H and O–H groups in total. The molecule has 0 spiro atoms. The monoisotopic (exact) mass is 563 g/mol. The normalized spacial score (nSPS) is 22.9. The maximum atomic E-state index is 13.4. The van der Waals surface area contributed by atoms with Gasteiger partial charge in [-0.15, -0.1) is 0 Å². The third-order valence-electron chi connectivity index (χ3n) is 7.81. The van der Waals surface area contributed by atoms with Crippen LogP contribution in [0.5, 0.6) is 5.75 Å². The number of ether oxygens (including phenoxy) is 1. The second-order valence-corrected chi connectivity index (χ2v) is 10.6. The van der Waals surface area contributed by atoms with Gasteiger partial charge in [0.05, 0.1) is 12.1 Å². The highest BCUT2D eigenvalue weighted by atomic mass is 16.5. The topological polar surface area (TPSA) is 120 Å². The molecule has 1 saturated heterocycles. The molecule has 4 amide bonds. The Labute approximate surface area is 241 Å². The molecule has 2 aliphatic heterocycles. The average Bonchev–Trinajstić information content (AvgIpc) is 3.45. The second-order valence-electron chi connectivity index (χ2n) is 10.6. The Morgan fingerprint density at radius 1 is 1.00 bits per heavy atom. The number of hydrogen-bond acceptors (Lipinski definition) is 6. The van der Waals surface area contributed by atoms with Gasteiger partial charge in [0, 0.05) is 32.5 Å². The molecular weight excluding hydrogens is 522 g/mol. The average molecular weight is 564 g/mol. The summed E-state index contributed by atoms with van der Waals surface area (Å²) in [6, 6.07) is 14.8. The number of hydrogen-bond donors (Lipinski definition) is 3. The molecule has 2 aromatic rings. The summed E-state index contributed by atoms with van der Waals surface area (Å²) in [6.07, 6.45) is 2.46. The quantitative estimate of drug-likeness (QED) is 0.493. The molecule has 2 aliphatic rings. The van der Waals surface area contributed by atoms with Crippen molar-refractivity contribution in [1.82, 2.24) is 25.8 Å². The molecular formula is C31H41N5O5. The smallest absolute Gasteiger partial charge is 0.255 e. The molecule has 0 aromatic heterocycles. The van der Waals surface area contributed by atoms with Gasteiger partial charge in [-0.2, -0.15) is 0 Å². The first-order valence-electron chi connectivity index (χ1n) is 14.5. The van der Waals surface area contributed by atoms with Gasteiger partial charge in [0.2, 0.25) is 17.7 Å². The molecule has 0 aliphatic carbocycles. The van der Waals surface area contributed by atoms with Crippen LogP contribution in [-0.4, -0.2) is 91.4 Å². The number of fused-ring (bicyclic) bond motifs is 1. The van der Waals surface area contributed by atoms with Gasteiger partial charge >= 0.3 is 0 Å². The van der Waals surface area contributed by atoms with Crippen molar-refractivity contribution in [3.8, 4) is 5.75 Å². The van der Waals surface area contributed by atoms with Crippen LogP contribution >= 0.6 is 0 Å². The highest BCUT2D eigenvalue weighted by Gasteiger charge is 2.29. The lowest BCUT2D eigenvalue weighted by Crippen LogP contribution is -2.51. The Hall–Kier alpha value is -3.92. The van der Waals surface area contributed by atoms with E-state index in [1.54, 1.807) is 31.3 Å². The molecule has 0 bridgehead atoms. The molecule has 0 saturated carbocycles. The van der Waals surface area contributed by atoms with Crippen LogP contribution in [0.25, 0.3) is 0 Å². The number of carbonyl (C=O) groups is 4. The van der Waals surface area contributed by atoms with Crippen molar-refractivity contribution in [2.45, 2.75) is 57.2 Å². The van der Waals surface area contributed by atoms with Gasteiger partial charge < -0.3 is 25.6 Å². The Bertz CT molecular complexity index is 1210. The van der Waals surface area contributed by atoms with Crippen LogP contribution in [0.15, 0.2) is 54.6 Å². The van der Waals surface area contributed by atoms with E-state index in [4.69, 9.17) is 4.74 Å².